The van der Waals surface area contributed by atoms with Crippen molar-refractivity contribution in [3.05, 3.63) is 23.8 Å². The van der Waals surface area contributed by atoms with Crippen LogP contribution in [0, 0.1) is 0 Å². The number of amides is 1. The monoisotopic (exact) mass is 410 g/mol. The van der Waals surface area contributed by atoms with Crippen LogP contribution in [0.5, 0.6) is 11.5 Å². The third kappa shape index (κ3) is 9.07. The number of halogens is 3. The summed E-state index contributed by atoms with van der Waals surface area (Å²) in [4.78, 5) is 32.6. The molecule has 1 atom stereocenters. The molecule has 9 nitrogen and oxygen atoms in total. The molecule has 1 aromatic rings. The van der Waals surface area contributed by atoms with Crippen molar-refractivity contribution in [1.82, 2.24) is 5.32 Å². The van der Waals surface area contributed by atoms with E-state index in [1.165, 1.54) is 19.2 Å². The van der Waals surface area contributed by atoms with E-state index in [9.17, 15) is 33.0 Å². The molecule has 0 aliphatic carbocycles. The lowest BCUT2D eigenvalue weighted by molar-refractivity contribution is -0.192. The highest BCUT2D eigenvalue weighted by molar-refractivity contribution is 5.97. The van der Waals surface area contributed by atoms with Gasteiger partial charge < -0.3 is 31.1 Å². The van der Waals surface area contributed by atoms with Crippen LogP contribution in [0.3, 0.4) is 0 Å². The molecule has 0 spiro atoms. The van der Waals surface area contributed by atoms with Gasteiger partial charge in [0.15, 0.2) is 11.5 Å². The molecule has 0 heterocycles. The lowest BCUT2D eigenvalue weighted by Gasteiger charge is -2.16. The molecule has 0 saturated carbocycles. The summed E-state index contributed by atoms with van der Waals surface area (Å²) in [5.74, 6) is -4.55. The summed E-state index contributed by atoms with van der Waals surface area (Å²) in [5.41, 5.74) is 5.53. The van der Waals surface area contributed by atoms with Gasteiger partial charge in [-0.3, -0.25) is 4.79 Å². The molecular formula is C16H21F3N2O7. The second-order valence-corrected chi connectivity index (χ2v) is 5.34. The zero-order valence-electron chi connectivity index (χ0n) is 14.8. The largest absolute Gasteiger partial charge is 0.504 e. The van der Waals surface area contributed by atoms with Crippen LogP contribution in [0.2, 0.25) is 0 Å². The highest BCUT2D eigenvalue weighted by Crippen LogP contribution is 2.24. The number of hydrogen-bond donors (Lipinski definition) is 5. The van der Waals surface area contributed by atoms with E-state index in [0.29, 0.717) is 19.4 Å². The lowest BCUT2D eigenvalue weighted by Crippen LogP contribution is -2.41. The van der Waals surface area contributed by atoms with Gasteiger partial charge in [0.1, 0.15) is 6.04 Å². The first-order valence-corrected chi connectivity index (χ1v) is 7.84. The summed E-state index contributed by atoms with van der Waals surface area (Å²) < 4.78 is 36.4. The van der Waals surface area contributed by atoms with E-state index in [-0.39, 0.29) is 11.3 Å². The number of phenols is 2. The first kappa shape index (κ1) is 25.0. The highest BCUT2D eigenvalue weighted by atomic mass is 19.4. The van der Waals surface area contributed by atoms with Crippen molar-refractivity contribution in [2.75, 3.05) is 13.7 Å². The number of benzene rings is 1. The molecule has 0 bridgehead atoms. The van der Waals surface area contributed by atoms with Crippen LogP contribution < -0.4 is 11.1 Å². The smallest absolute Gasteiger partial charge is 0.490 e. The lowest BCUT2D eigenvalue weighted by atomic mass is 10.1. The number of aliphatic carboxylic acids is 1. The molecule has 0 aliphatic rings. The maximum Gasteiger partial charge on any atom is 0.490 e. The fourth-order valence-corrected chi connectivity index (χ4v) is 1.79. The first-order valence-electron chi connectivity index (χ1n) is 7.84. The molecule has 0 fully saturated rings. The maximum absolute atomic E-state index is 12.0. The molecule has 0 aliphatic heterocycles. The van der Waals surface area contributed by atoms with Crippen LogP contribution in [0.25, 0.3) is 0 Å². The van der Waals surface area contributed by atoms with Crippen LogP contribution >= 0.6 is 0 Å². The van der Waals surface area contributed by atoms with E-state index in [4.69, 9.17) is 15.6 Å². The summed E-state index contributed by atoms with van der Waals surface area (Å²) in [7, 11) is 1.25. The average molecular weight is 410 g/mol. The Balaban J connectivity index is 0.000000887. The number of alkyl halides is 3. The Morgan fingerprint density at radius 1 is 1.18 bits per heavy atom. The quantitative estimate of drug-likeness (QED) is 0.254. The number of carbonyl (C=O) groups excluding carboxylic acids is 2. The molecule has 0 radical (unpaired) electrons. The molecule has 0 saturated heterocycles. The predicted octanol–water partition coefficient (Wildman–Crippen LogP) is 1.13. The number of nitrogens with one attached hydrogen (secondary N) is 1. The second kappa shape index (κ2) is 11.6. The Bertz CT molecular complexity index is 681. The van der Waals surface area contributed by atoms with Gasteiger partial charge in [0.25, 0.3) is 5.91 Å². The summed E-state index contributed by atoms with van der Waals surface area (Å²) in [6.07, 6.45) is -3.25. The zero-order chi connectivity index (χ0) is 21.9. The van der Waals surface area contributed by atoms with Gasteiger partial charge in [0.05, 0.1) is 7.11 Å². The number of ether oxygens (including phenoxy) is 1. The van der Waals surface area contributed by atoms with Gasteiger partial charge in [-0.05, 0) is 44.0 Å². The van der Waals surface area contributed by atoms with E-state index < -0.39 is 35.8 Å². The minimum Gasteiger partial charge on any atom is -0.504 e. The Kier molecular flexibility index (Phi) is 10.4. The van der Waals surface area contributed by atoms with Crippen molar-refractivity contribution in [2.24, 2.45) is 5.73 Å². The number of phenolic OH excluding ortho intramolecular Hbond substituents is 2. The van der Waals surface area contributed by atoms with E-state index in [2.05, 4.69) is 10.1 Å². The Morgan fingerprint density at radius 2 is 1.75 bits per heavy atom. The van der Waals surface area contributed by atoms with Gasteiger partial charge in [-0.15, -0.1) is 0 Å². The third-order valence-corrected chi connectivity index (χ3v) is 3.22. The Hall–Kier alpha value is -3.02. The minimum absolute atomic E-state index is 0.137. The molecule has 12 heteroatoms. The van der Waals surface area contributed by atoms with Gasteiger partial charge >= 0.3 is 18.1 Å². The number of aromatic hydroxyl groups is 2. The third-order valence-electron chi connectivity index (χ3n) is 3.22. The van der Waals surface area contributed by atoms with E-state index in [1.54, 1.807) is 0 Å². The summed E-state index contributed by atoms with van der Waals surface area (Å²) in [6.45, 7) is 0.508. The summed E-state index contributed by atoms with van der Waals surface area (Å²) in [6, 6.07) is 2.90. The van der Waals surface area contributed by atoms with E-state index >= 15 is 0 Å². The number of esters is 1. The van der Waals surface area contributed by atoms with Crippen molar-refractivity contribution < 1.29 is 47.6 Å². The van der Waals surface area contributed by atoms with Crippen molar-refractivity contribution >= 4 is 17.8 Å². The number of carboxylic acid groups (broad SMARTS) is 1. The number of carbonyl (C=O) groups is 3. The Morgan fingerprint density at radius 3 is 2.18 bits per heavy atom. The van der Waals surface area contributed by atoms with Gasteiger partial charge in [-0.1, -0.05) is 0 Å². The maximum atomic E-state index is 12.0. The molecule has 158 valence electrons. The topological polar surface area (TPSA) is 159 Å². The van der Waals surface area contributed by atoms with Crippen LogP contribution in [0.4, 0.5) is 13.2 Å². The van der Waals surface area contributed by atoms with Crippen molar-refractivity contribution in [1.29, 1.82) is 0 Å². The van der Waals surface area contributed by atoms with Crippen LogP contribution in [-0.4, -0.2) is 59.0 Å². The summed E-state index contributed by atoms with van der Waals surface area (Å²) >= 11 is 0. The number of nitrogens with two attached hydrogens (primary N) is 1. The number of methoxy groups -OCH3 is 1. The molecule has 28 heavy (non-hydrogen) atoms. The molecular weight excluding hydrogens is 389 g/mol. The van der Waals surface area contributed by atoms with Gasteiger partial charge in [0.2, 0.25) is 0 Å². The Labute approximate surface area is 157 Å². The van der Waals surface area contributed by atoms with E-state index in [1.807, 2.05) is 0 Å². The van der Waals surface area contributed by atoms with E-state index in [0.717, 1.165) is 12.5 Å². The molecule has 1 rings (SSSR count). The van der Waals surface area contributed by atoms with Crippen molar-refractivity contribution in [3.8, 4) is 11.5 Å². The van der Waals surface area contributed by atoms with Gasteiger partial charge in [-0.25, -0.2) is 9.59 Å². The normalized spacial score (nSPS) is 11.6. The second-order valence-electron chi connectivity index (χ2n) is 5.34. The predicted molar refractivity (Wildman–Crippen MR) is 89.6 cm³/mol. The fraction of sp³-hybridized carbons (Fsp3) is 0.438. The molecule has 1 unspecified atom stereocenters. The van der Waals surface area contributed by atoms with Crippen LogP contribution in [0.15, 0.2) is 18.2 Å². The minimum atomic E-state index is -5.08. The fourth-order valence-electron chi connectivity index (χ4n) is 1.79. The number of carboxylic acids is 1. The summed E-state index contributed by atoms with van der Waals surface area (Å²) in [5, 5.41) is 28.3. The first-order chi connectivity index (χ1) is 12.9. The number of unbranched alkanes of at least 4 members (excludes halogenated alkanes) is 1. The molecule has 1 aromatic carbocycles. The molecule has 6 N–H and O–H groups in total. The van der Waals surface area contributed by atoms with Crippen molar-refractivity contribution in [2.45, 2.75) is 31.5 Å². The van der Waals surface area contributed by atoms with Crippen molar-refractivity contribution in [3.63, 3.8) is 0 Å². The van der Waals surface area contributed by atoms with Crippen LogP contribution in [-0.2, 0) is 14.3 Å². The number of hydrogen-bond acceptors (Lipinski definition) is 7. The molecule has 1 amide bonds. The standard InChI is InChI=1S/C14H20N2O5.C2HF3O2/c1-21-14(20)10(4-2-3-7-15)16-13(19)9-5-6-11(17)12(18)8-9;3-2(4,5)1(6)7/h5-6,8,10,17-18H,2-4,7,15H2,1H3,(H,16,19);(H,6,7). The molecule has 0 aromatic heterocycles. The van der Waals surface area contributed by atoms with Crippen LogP contribution in [0.1, 0.15) is 29.6 Å². The van der Waals surface area contributed by atoms with Gasteiger partial charge in [0, 0.05) is 5.56 Å². The SMILES string of the molecule is COC(=O)C(CCCCN)NC(=O)c1ccc(O)c(O)c1.O=C(O)C(F)(F)F. The van der Waals surface area contributed by atoms with Gasteiger partial charge in [-0.2, -0.15) is 13.2 Å². The number of rotatable bonds is 7. The zero-order valence-corrected chi connectivity index (χ0v) is 14.8. The average Bonchev–Trinajstić information content (AvgIpc) is 2.62. The highest BCUT2D eigenvalue weighted by Gasteiger charge is 2.38.